The van der Waals surface area contributed by atoms with Crippen molar-refractivity contribution in [2.24, 2.45) is 0 Å². The topological polar surface area (TPSA) is 116 Å². The molecule has 3 rings (SSSR count). The number of anilines is 2. The van der Waals surface area contributed by atoms with Gasteiger partial charge in [-0.2, -0.15) is 0 Å². The van der Waals surface area contributed by atoms with Crippen LogP contribution >= 0.6 is 7.82 Å². The molecule has 2 aliphatic heterocycles. The molecule has 0 spiro atoms. The maximum Gasteiger partial charge on any atom is 0.475 e. The van der Waals surface area contributed by atoms with Crippen LogP contribution in [0.1, 0.15) is 59.3 Å². The van der Waals surface area contributed by atoms with E-state index in [1.54, 1.807) is 4.90 Å². The third-order valence-electron chi connectivity index (χ3n) is 6.96. The number of hydrogen-bond donors (Lipinski definition) is 1. The van der Waals surface area contributed by atoms with Crippen LogP contribution in [0, 0.1) is 11.6 Å². The van der Waals surface area contributed by atoms with Gasteiger partial charge in [0.25, 0.3) is 0 Å². The van der Waals surface area contributed by atoms with Crippen molar-refractivity contribution in [3.8, 4) is 0 Å². The molecule has 0 unspecified atom stereocenters. The predicted octanol–water partition coefficient (Wildman–Crippen LogP) is 5.17. The molecule has 0 radical (unpaired) electrons. The standard InChI is InChI=1S/C27H42F2N3O8P/c1-5-7-13-37-41(35,38-14-8-6-2)40-27(19-36-4)9-11-31(12-10-27)25-23(28)15-21(16-24(25)29)32-18-22(39-26(32)34)17-30-20(3)33/h15-16,22H,5-14,17-19H2,1-4H3,(H,30,33)/t22-/m0/s1. The highest BCUT2D eigenvalue weighted by atomic mass is 31.2. The normalized spacial score (nSPS) is 19.0. The van der Waals surface area contributed by atoms with Crippen molar-refractivity contribution in [2.75, 3.05) is 62.9 Å². The summed E-state index contributed by atoms with van der Waals surface area (Å²) in [4.78, 5) is 26.2. The van der Waals surface area contributed by atoms with Gasteiger partial charge in [-0.25, -0.2) is 18.1 Å². The first-order valence-corrected chi connectivity index (χ1v) is 15.6. The van der Waals surface area contributed by atoms with Crippen molar-refractivity contribution in [3.05, 3.63) is 23.8 Å². The first-order valence-electron chi connectivity index (χ1n) is 14.1. The quantitative estimate of drug-likeness (QED) is 0.201. The fourth-order valence-electron chi connectivity index (χ4n) is 4.74. The summed E-state index contributed by atoms with van der Waals surface area (Å²) < 4.78 is 72.1. The molecule has 14 heteroatoms. The molecule has 1 N–H and O–H groups in total. The number of nitrogens with zero attached hydrogens (tertiary/aromatic N) is 2. The smallest absolute Gasteiger partial charge is 0.442 e. The lowest BCUT2D eigenvalue weighted by molar-refractivity contribution is -0.119. The SMILES string of the molecule is CCCCOP(=O)(OCCCC)OC1(COC)CCN(c2c(F)cc(N3C[C@H](CNC(C)=O)OC3=O)cc2F)CC1. The Balaban J connectivity index is 1.72. The Bertz CT molecular complexity index is 1050. The van der Waals surface area contributed by atoms with E-state index in [-0.39, 0.29) is 76.1 Å². The average Bonchev–Trinajstić information content (AvgIpc) is 3.29. The van der Waals surface area contributed by atoms with E-state index in [1.165, 1.54) is 14.0 Å². The molecule has 232 valence electrons. The number of nitrogens with one attached hydrogen (secondary N) is 1. The van der Waals surface area contributed by atoms with Crippen LogP contribution in [-0.4, -0.2) is 76.8 Å². The van der Waals surface area contributed by atoms with E-state index < -0.39 is 37.3 Å². The van der Waals surface area contributed by atoms with E-state index in [0.29, 0.717) is 12.8 Å². The summed E-state index contributed by atoms with van der Waals surface area (Å²) in [5.74, 6) is -1.96. The molecule has 1 aromatic rings. The van der Waals surface area contributed by atoms with Crippen molar-refractivity contribution < 1.29 is 46.0 Å². The summed E-state index contributed by atoms with van der Waals surface area (Å²) >= 11 is 0. The molecule has 1 aromatic carbocycles. The zero-order chi connectivity index (χ0) is 30.0. The summed E-state index contributed by atoms with van der Waals surface area (Å²) in [5.41, 5.74) is -1.25. The molecule has 1 atom stereocenters. The third-order valence-corrected chi connectivity index (χ3v) is 8.57. The summed E-state index contributed by atoms with van der Waals surface area (Å²) in [7, 11) is -2.41. The molecule has 2 aliphatic rings. The van der Waals surface area contributed by atoms with Crippen LogP contribution in [0.25, 0.3) is 0 Å². The first-order chi connectivity index (χ1) is 19.5. The number of halogens is 2. The van der Waals surface area contributed by atoms with Crippen LogP contribution in [0.2, 0.25) is 0 Å². The monoisotopic (exact) mass is 605 g/mol. The molecular weight excluding hydrogens is 563 g/mol. The summed E-state index contributed by atoms with van der Waals surface area (Å²) in [6, 6.07) is 2.18. The van der Waals surface area contributed by atoms with Gasteiger partial charge in [-0.1, -0.05) is 26.7 Å². The van der Waals surface area contributed by atoms with Crippen LogP contribution in [0.3, 0.4) is 0 Å². The number of unbranched alkanes of at least 4 members (excludes halogenated alkanes) is 2. The van der Waals surface area contributed by atoms with Gasteiger partial charge in [0.05, 0.1) is 38.6 Å². The van der Waals surface area contributed by atoms with Crippen molar-refractivity contribution in [1.82, 2.24) is 5.32 Å². The molecule has 41 heavy (non-hydrogen) atoms. The zero-order valence-electron chi connectivity index (χ0n) is 24.3. The number of phosphoric acid groups is 1. The van der Waals surface area contributed by atoms with Gasteiger partial charge in [-0.15, -0.1) is 0 Å². The highest BCUT2D eigenvalue weighted by Crippen LogP contribution is 2.55. The average molecular weight is 606 g/mol. The minimum absolute atomic E-state index is 0.0162. The number of amides is 2. The fourth-order valence-corrected chi connectivity index (χ4v) is 6.33. The zero-order valence-corrected chi connectivity index (χ0v) is 25.2. The fraction of sp³-hybridized carbons (Fsp3) is 0.704. The molecule has 2 saturated heterocycles. The summed E-state index contributed by atoms with van der Waals surface area (Å²) in [5, 5.41) is 2.56. The van der Waals surface area contributed by atoms with E-state index >= 15 is 8.78 Å². The molecule has 0 aliphatic carbocycles. The second-order valence-electron chi connectivity index (χ2n) is 10.3. The lowest BCUT2D eigenvalue weighted by atomic mass is 9.92. The Hall–Kier alpha value is -2.31. The number of benzene rings is 1. The predicted molar refractivity (Wildman–Crippen MR) is 149 cm³/mol. The molecule has 2 heterocycles. The highest BCUT2D eigenvalue weighted by molar-refractivity contribution is 7.48. The largest absolute Gasteiger partial charge is 0.475 e. The molecular formula is C27H42F2N3O8P. The van der Waals surface area contributed by atoms with Crippen molar-refractivity contribution in [1.29, 1.82) is 0 Å². The van der Waals surface area contributed by atoms with Gasteiger partial charge in [0.1, 0.15) is 17.4 Å². The van der Waals surface area contributed by atoms with Gasteiger partial charge >= 0.3 is 13.9 Å². The molecule has 11 nitrogen and oxygen atoms in total. The molecule has 2 fully saturated rings. The van der Waals surface area contributed by atoms with Crippen LogP contribution in [0.5, 0.6) is 0 Å². The Morgan fingerprint density at radius 1 is 1.12 bits per heavy atom. The number of piperidine rings is 1. The van der Waals surface area contributed by atoms with Crippen molar-refractivity contribution in [3.63, 3.8) is 0 Å². The number of carbonyl (C=O) groups excluding carboxylic acids is 2. The number of cyclic esters (lactones) is 1. The lowest BCUT2D eigenvalue weighted by Gasteiger charge is -2.42. The van der Waals surface area contributed by atoms with Crippen LogP contribution in [0.15, 0.2) is 12.1 Å². The van der Waals surface area contributed by atoms with E-state index in [2.05, 4.69) is 5.32 Å². The highest BCUT2D eigenvalue weighted by Gasteiger charge is 2.44. The van der Waals surface area contributed by atoms with Crippen LogP contribution in [0.4, 0.5) is 25.0 Å². The molecule has 0 bridgehead atoms. The van der Waals surface area contributed by atoms with E-state index in [0.717, 1.165) is 29.9 Å². The Morgan fingerprint density at radius 2 is 1.71 bits per heavy atom. The Kier molecular flexibility index (Phi) is 12.3. The second-order valence-corrected chi connectivity index (χ2v) is 11.9. The summed E-state index contributed by atoms with van der Waals surface area (Å²) in [6.45, 7) is 6.36. The number of rotatable bonds is 16. The number of ether oxygens (including phenoxy) is 2. The molecule has 0 aromatic heterocycles. The first kappa shape index (κ1) is 33.2. The van der Waals surface area contributed by atoms with E-state index in [1.807, 2.05) is 13.8 Å². The van der Waals surface area contributed by atoms with Crippen molar-refractivity contribution >= 4 is 31.2 Å². The van der Waals surface area contributed by atoms with Crippen molar-refractivity contribution in [2.45, 2.75) is 71.0 Å². The maximum absolute atomic E-state index is 15.3. The van der Waals surface area contributed by atoms with Gasteiger partial charge in [0, 0.05) is 39.3 Å². The number of phosphoric ester groups is 1. The number of hydrogen-bond acceptors (Lipinski definition) is 9. The summed E-state index contributed by atoms with van der Waals surface area (Å²) in [6.07, 6.45) is 2.19. The van der Waals surface area contributed by atoms with Gasteiger partial charge in [-0.05, 0) is 25.7 Å². The van der Waals surface area contributed by atoms with Gasteiger partial charge in [-0.3, -0.25) is 23.3 Å². The Labute approximate surface area is 240 Å². The van der Waals surface area contributed by atoms with Crippen LogP contribution in [-0.2, 0) is 32.4 Å². The third kappa shape index (κ3) is 9.09. The molecule has 0 saturated carbocycles. The van der Waals surface area contributed by atoms with Gasteiger partial charge in [0.15, 0.2) is 11.6 Å². The minimum Gasteiger partial charge on any atom is -0.442 e. The second kappa shape index (κ2) is 15.2. The molecule has 2 amide bonds. The maximum atomic E-state index is 15.3. The van der Waals surface area contributed by atoms with Gasteiger partial charge < -0.3 is 19.7 Å². The minimum atomic E-state index is -3.91. The van der Waals surface area contributed by atoms with Crippen LogP contribution < -0.4 is 15.1 Å². The Morgan fingerprint density at radius 3 is 2.22 bits per heavy atom. The van der Waals surface area contributed by atoms with E-state index in [9.17, 15) is 14.2 Å². The number of carbonyl (C=O) groups is 2. The lowest BCUT2D eigenvalue weighted by Crippen LogP contribution is -2.49. The number of methoxy groups -OCH3 is 1. The van der Waals surface area contributed by atoms with E-state index in [4.69, 9.17) is 23.0 Å². The van der Waals surface area contributed by atoms with Gasteiger partial charge in [0.2, 0.25) is 5.91 Å².